The molecule has 0 aliphatic carbocycles. The van der Waals surface area contributed by atoms with Crippen LogP contribution in [0.2, 0.25) is 0 Å². The molecule has 0 atom stereocenters. The highest BCUT2D eigenvalue weighted by atomic mass is 32.2. The number of aliphatic imine (C=N–C) groups is 1. The first kappa shape index (κ1) is 24.4. The van der Waals surface area contributed by atoms with E-state index in [-0.39, 0.29) is 29.3 Å². The lowest BCUT2D eigenvalue weighted by molar-refractivity contribution is -0.143. The van der Waals surface area contributed by atoms with E-state index in [4.69, 9.17) is 0 Å². The first-order chi connectivity index (χ1) is 15.0. The van der Waals surface area contributed by atoms with E-state index < -0.39 is 23.5 Å². The molecule has 2 aliphatic heterocycles. The van der Waals surface area contributed by atoms with Gasteiger partial charge in [-0.05, 0) is 68.2 Å². The molecule has 2 aliphatic rings. The standard InChI is InChI=1S/C21H21F6N3OS/c1-2-7-28-18-17(32-19(31)29-18)10-13-5-8-30(9-6-13)12-14-3-4-15(20(22,23)24)11-16(14)21(25,26)27/h2-4,7,10-11,13H,5-6,8-9,12H2,1H3,(H,28,29,31). The van der Waals surface area contributed by atoms with Crippen LogP contribution in [-0.2, 0) is 18.9 Å². The van der Waals surface area contributed by atoms with Gasteiger partial charge in [-0.3, -0.25) is 9.69 Å². The van der Waals surface area contributed by atoms with Crippen LogP contribution in [0.1, 0.15) is 36.5 Å². The number of nitrogens with one attached hydrogen (secondary N) is 1. The summed E-state index contributed by atoms with van der Waals surface area (Å²) in [6.45, 7) is 2.69. The molecule has 1 aromatic carbocycles. The summed E-state index contributed by atoms with van der Waals surface area (Å²) >= 11 is 1.05. The number of nitrogens with zero attached hydrogens (tertiary/aromatic N) is 2. The molecular formula is C21H21F6N3OS. The molecule has 0 spiro atoms. The molecule has 3 rings (SSSR count). The number of allylic oxidation sites excluding steroid dienone is 2. The molecule has 0 saturated carbocycles. The van der Waals surface area contributed by atoms with Crippen molar-refractivity contribution in [1.29, 1.82) is 0 Å². The maximum Gasteiger partial charge on any atom is 0.416 e. The Labute approximate surface area is 185 Å². The number of hydrogen-bond donors (Lipinski definition) is 1. The number of rotatable bonds is 4. The average Bonchev–Trinajstić information content (AvgIpc) is 3.05. The molecule has 0 unspecified atom stereocenters. The highest BCUT2D eigenvalue weighted by Crippen LogP contribution is 2.38. The van der Waals surface area contributed by atoms with Crippen molar-refractivity contribution in [3.05, 3.63) is 58.1 Å². The van der Waals surface area contributed by atoms with Crippen molar-refractivity contribution in [3.63, 3.8) is 0 Å². The minimum Gasteiger partial charge on any atom is -0.300 e. The van der Waals surface area contributed by atoms with E-state index in [9.17, 15) is 31.1 Å². The summed E-state index contributed by atoms with van der Waals surface area (Å²) in [4.78, 5) is 18.4. The van der Waals surface area contributed by atoms with Crippen LogP contribution < -0.4 is 5.32 Å². The number of likely N-dealkylation sites (tertiary alicyclic amines) is 1. The summed E-state index contributed by atoms with van der Waals surface area (Å²) in [5.41, 5.74) is -2.75. The largest absolute Gasteiger partial charge is 0.416 e. The second-order valence-electron chi connectivity index (χ2n) is 7.49. The third-order valence-electron chi connectivity index (χ3n) is 5.17. The van der Waals surface area contributed by atoms with Crippen molar-refractivity contribution >= 4 is 22.8 Å². The zero-order valence-corrected chi connectivity index (χ0v) is 17.9. The normalized spacial score (nSPS) is 21.8. The fourth-order valence-electron chi connectivity index (χ4n) is 3.58. The average molecular weight is 477 g/mol. The van der Waals surface area contributed by atoms with E-state index in [1.165, 1.54) is 0 Å². The molecule has 0 radical (unpaired) electrons. The van der Waals surface area contributed by atoms with Gasteiger partial charge in [-0.15, -0.1) is 0 Å². The Hall–Kier alpha value is -2.27. The molecule has 0 aromatic heterocycles. The summed E-state index contributed by atoms with van der Waals surface area (Å²) in [7, 11) is 0. The lowest BCUT2D eigenvalue weighted by atomic mass is 9.95. The number of benzene rings is 1. The maximum atomic E-state index is 13.4. The molecule has 1 aromatic rings. The summed E-state index contributed by atoms with van der Waals surface area (Å²) < 4.78 is 78.7. The van der Waals surface area contributed by atoms with Gasteiger partial charge in [-0.1, -0.05) is 18.2 Å². The van der Waals surface area contributed by atoms with Crippen molar-refractivity contribution in [1.82, 2.24) is 10.2 Å². The van der Waals surface area contributed by atoms with Gasteiger partial charge in [0.05, 0.1) is 16.0 Å². The Morgan fingerprint density at radius 1 is 1.16 bits per heavy atom. The third kappa shape index (κ3) is 6.16. The van der Waals surface area contributed by atoms with Crippen LogP contribution in [0.4, 0.5) is 31.1 Å². The first-order valence-corrected chi connectivity index (χ1v) is 10.7. The fourth-order valence-corrected chi connectivity index (χ4v) is 4.39. The molecule has 1 amide bonds. The molecule has 2 saturated heterocycles. The topological polar surface area (TPSA) is 44.7 Å². The highest BCUT2D eigenvalue weighted by Gasteiger charge is 2.38. The van der Waals surface area contributed by atoms with Gasteiger partial charge in [-0.2, -0.15) is 26.3 Å². The smallest absolute Gasteiger partial charge is 0.300 e. The summed E-state index contributed by atoms with van der Waals surface area (Å²) in [5, 5.41) is 2.44. The zero-order valence-electron chi connectivity index (χ0n) is 17.1. The number of hydrogen-bond acceptors (Lipinski definition) is 4. The predicted octanol–water partition coefficient (Wildman–Crippen LogP) is 6.21. The number of piperidine rings is 1. The lowest BCUT2D eigenvalue weighted by Gasteiger charge is -2.31. The van der Waals surface area contributed by atoms with E-state index in [2.05, 4.69) is 10.3 Å². The van der Waals surface area contributed by atoms with Crippen LogP contribution in [0.3, 0.4) is 0 Å². The molecule has 4 nitrogen and oxygen atoms in total. The van der Waals surface area contributed by atoms with Crippen LogP contribution >= 0.6 is 11.8 Å². The maximum absolute atomic E-state index is 13.4. The van der Waals surface area contributed by atoms with Crippen molar-refractivity contribution in [2.45, 2.75) is 38.7 Å². The number of carbonyl (C=O) groups excluding carboxylic acids is 1. The molecule has 2 fully saturated rings. The van der Waals surface area contributed by atoms with Gasteiger partial charge in [0.2, 0.25) is 0 Å². The fraction of sp³-hybridized carbons (Fsp3) is 0.429. The van der Waals surface area contributed by atoms with Crippen molar-refractivity contribution < 1.29 is 31.1 Å². The van der Waals surface area contributed by atoms with Crippen LogP contribution in [0.15, 0.2) is 46.4 Å². The van der Waals surface area contributed by atoms with Crippen LogP contribution in [0, 0.1) is 5.92 Å². The number of amides is 1. The molecule has 11 heteroatoms. The lowest BCUT2D eigenvalue weighted by Crippen LogP contribution is -2.33. The number of carbonyl (C=O) groups is 1. The molecule has 2 heterocycles. The van der Waals surface area contributed by atoms with Gasteiger partial charge in [0.1, 0.15) is 5.84 Å². The minimum absolute atomic E-state index is 0.0843. The van der Waals surface area contributed by atoms with Gasteiger partial charge < -0.3 is 5.32 Å². The highest BCUT2D eigenvalue weighted by molar-refractivity contribution is 8.18. The van der Waals surface area contributed by atoms with E-state index in [1.54, 1.807) is 24.1 Å². The summed E-state index contributed by atoms with van der Waals surface area (Å²) in [5.74, 6) is 0.590. The summed E-state index contributed by atoms with van der Waals surface area (Å²) in [6.07, 6.45) is -3.17. The predicted molar refractivity (Wildman–Crippen MR) is 111 cm³/mol. The second kappa shape index (κ2) is 9.70. The second-order valence-corrected chi connectivity index (χ2v) is 8.50. The quantitative estimate of drug-likeness (QED) is 0.525. The van der Waals surface area contributed by atoms with Crippen LogP contribution in [-0.4, -0.2) is 29.1 Å². The molecule has 32 heavy (non-hydrogen) atoms. The van der Waals surface area contributed by atoms with E-state index >= 15 is 0 Å². The summed E-state index contributed by atoms with van der Waals surface area (Å²) in [6, 6.07) is 1.78. The van der Waals surface area contributed by atoms with Crippen molar-refractivity contribution in [2.75, 3.05) is 13.1 Å². The van der Waals surface area contributed by atoms with Crippen molar-refractivity contribution in [3.8, 4) is 0 Å². The van der Waals surface area contributed by atoms with E-state index in [0.29, 0.717) is 42.7 Å². The first-order valence-electron chi connectivity index (χ1n) is 9.87. The van der Waals surface area contributed by atoms with E-state index in [0.717, 1.165) is 17.8 Å². The molecule has 1 N–H and O–H groups in total. The Kier molecular flexibility index (Phi) is 7.39. The number of thioether (sulfide) groups is 1. The van der Waals surface area contributed by atoms with Gasteiger partial charge in [0, 0.05) is 12.7 Å². The molecule has 0 bridgehead atoms. The number of alkyl halides is 6. The molecular weight excluding hydrogens is 456 g/mol. The Morgan fingerprint density at radius 2 is 1.84 bits per heavy atom. The third-order valence-corrected chi connectivity index (χ3v) is 6.00. The Morgan fingerprint density at radius 3 is 2.44 bits per heavy atom. The van der Waals surface area contributed by atoms with Gasteiger partial charge >= 0.3 is 12.4 Å². The zero-order chi connectivity index (χ0) is 23.5. The molecule has 174 valence electrons. The number of halogens is 6. The van der Waals surface area contributed by atoms with Crippen LogP contribution in [0.5, 0.6) is 0 Å². The SMILES string of the molecule is CC=CN=C1NC(=O)SC1=CC1CCN(Cc2ccc(C(F)(F)F)cc2C(F)(F)F)CC1. The van der Waals surface area contributed by atoms with Gasteiger partial charge in [0.25, 0.3) is 5.24 Å². The minimum atomic E-state index is -4.87. The Bertz CT molecular complexity index is 944. The van der Waals surface area contributed by atoms with Crippen molar-refractivity contribution in [2.24, 2.45) is 10.9 Å². The van der Waals surface area contributed by atoms with E-state index in [1.807, 2.05) is 6.08 Å². The van der Waals surface area contributed by atoms with Gasteiger partial charge in [-0.25, -0.2) is 4.99 Å². The number of amidine groups is 1. The van der Waals surface area contributed by atoms with Crippen LogP contribution in [0.25, 0.3) is 0 Å². The van der Waals surface area contributed by atoms with Gasteiger partial charge in [0.15, 0.2) is 0 Å². The monoisotopic (exact) mass is 477 g/mol. The Balaban J connectivity index is 1.68.